The fourth-order valence-corrected chi connectivity index (χ4v) is 1.94. The van der Waals surface area contributed by atoms with E-state index in [0.29, 0.717) is 0 Å². The zero-order chi connectivity index (χ0) is 16.3. The minimum Gasteiger partial charge on any atom is -0.470 e. The van der Waals surface area contributed by atoms with Gasteiger partial charge in [0.15, 0.2) is 0 Å². The van der Waals surface area contributed by atoms with Crippen LogP contribution in [0.1, 0.15) is 25.0 Å². The van der Waals surface area contributed by atoms with E-state index in [-0.39, 0.29) is 23.5 Å². The van der Waals surface area contributed by atoms with E-state index in [2.05, 4.69) is 15.3 Å². The predicted octanol–water partition coefficient (Wildman–Crippen LogP) is 3.53. The molecule has 22 heavy (non-hydrogen) atoms. The number of benzene rings is 1. The number of hydrogen-bond acceptors (Lipinski definition) is 6. The summed E-state index contributed by atoms with van der Waals surface area (Å²) >= 11 is 0. The van der Waals surface area contributed by atoms with Gasteiger partial charge in [0.25, 0.3) is 5.88 Å². The Kier molecular flexibility index (Phi) is 4.55. The molecule has 2 aromatic rings. The van der Waals surface area contributed by atoms with Crippen LogP contribution in [-0.4, -0.2) is 21.0 Å². The Hall–Kier alpha value is -2.70. The zero-order valence-electron chi connectivity index (χ0n) is 13.0. The standard InChI is InChI=1S/C15H18N4O3/c1-9(2)22-15-13(19(20)21)14(16-8-17-15)18-12-7-5-6-10(3)11(12)4/h5-9H,1-4H3,(H,16,17,18). The smallest absolute Gasteiger partial charge is 0.373 e. The van der Waals surface area contributed by atoms with Gasteiger partial charge in [-0.1, -0.05) is 12.1 Å². The maximum absolute atomic E-state index is 11.4. The lowest BCUT2D eigenvalue weighted by Gasteiger charge is -2.13. The quantitative estimate of drug-likeness (QED) is 0.671. The molecule has 1 N–H and O–H groups in total. The fourth-order valence-electron chi connectivity index (χ4n) is 1.94. The average molecular weight is 302 g/mol. The van der Waals surface area contributed by atoms with Gasteiger partial charge in [0.1, 0.15) is 6.33 Å². The monoisotopic (exact) mass is 302 g/mol. The number of anilines is 2. The first kappa shape index (κ1) is 15.7. The summed E-state index contributed by atoms with van der Waals surface area (Å²) < 4.78 is 5.41. The minimum absolute atomic E-state index is 0.0391. The third-order valence-electron chi connectivity index (χ3n) is 3.18. The third-order valence-corrected chi connectivity index (χ3v) is 3.18. The van der Waals surface area contributed by atoms with Crippen LogP contribution in [0.4, 0.5) is 17.2 Å². The molecule has 7 heteroatoms. The first-order valence-corrected chi connectivity index (χ1v) is 6.89. The van der Waals surface area contributed by atoms with Crippen LogP contribution in [0.3, 0.4) is 0 Å². The molecule has 0 aliphatic carbocycles. The molecule has 116 valence electrons. The lowest BCUT2D eigenvalue weighted by atomic mass is 10.1. The second-order valence-electron chi connectivity index (χ2n) is 5.17. The van der Waals surface area contributed by atoms with Gasteiger partial charge in [0, 0.05) is 5.69 Å². The number of rotatable bonds is 5. The van der Waals surface area contributed by atoms with E-state index >= 15 is 0 Å². The van der Waals surface area contributed by atoms with Crippen molar-refractivity contribution in [3.8, 4) is 5.88 Å². The summed E-state index contributed by atoms with van der Waals surface area (Å²) in [4.78, 5) is 18.7. The van der Waals surface area contributed by atoms with Gasteiger partial charge in [-0.05, 0) is 44.9 Å². The highest BCUT2D eigenvalue weighted by molar-refractivity contribution is 5.70. The zero-order valence-corrected chi connectivity index (χ0v) is 13.0. The van der Waals surface area contributed by atoms with E-state index in [4.69, 9.17) is 4.74 Å². The number of hydrogen-bond donors (Lipinski definition) is 1. The first-order valence-electron chi connectivity index (χ1n) is 6.89. The number of nitro groups is 1. The summed E-state index contributed by atoms with van der Waals surface area (Å²) in [5.74, 6) is 0.0761. The maximum Gasteiger partial charge on any atom is 0.373 e. The van der Waals surface area contributed by atoms with Gasteiger partial charge in [-0.3, -0.25) is 10.1 Å². The first-order chi connectivity index (χ1) is 10.4. The molecule has 1 aromatic carbocycles. The van der Waals surface area contributed by atoms with Crippen molar-refractivity contribution in [3.05, 3.63) is 45.8 Å². The molecular weight excluding hydrogens is 284 g/mol. The highest BCUT2D eigenvalue weighted by atomic mass is 16.6. The van der Waals surface area contributed by atoms with Crippen LogP contribution < -0.4 is 10.1 Å². The van der Waals surface area contributed by atoms with E-state index in [9.17, 15) is 10.1 Å². The van der Waals surface area contributed by atoms with Gasteiger partial charge in [-0.2, -0.15) is 4.98 Å². The van der Waals surface area contributed by atoms with Crippen LogP contribution >= 0.6 is 0 Å². The largest absolute Gasteiger partial charge is 0.470 e. The Bertz CT molecular complexity index is 701. The second kappa shape index (κ2) is 6.38. The van der Waals surface area contributed by atoms with Crippen molar-refractivity contribution in [2.45, 2.75) is 33.8 Å². The molecule has 1 heterocycles. The molecule has 1 aromatic heterocycles. The molecule has 2 rings (SSSR count). The Morgan fingerprint density at radius 1 is 1.27 bits per heavy atom. The molecule has 0 bridgehead atoms. The van der Waals surface area contributed by atoms with Crippen LogP contribution in [0.15, 0.2) is 24.5 Å². The third kappa shape index (κ3) is 3.30. The summed E-state index contributed by atoms with van der Waals surface area (Å²) in [6.45, 7) is 7.48. The highest BCUT2D eigenvalue weighted by Gasteiger charge is 2.25. The van der Waals surface area contributed by atoms with Gasteiger partial charge in [0.2, 0.25) is 5.82 Å². The second-order valence-corrected chi connectivity index (χ2v) is 5.17. The van der Waals surface area contributed by atoms with Crippen molar-refractivity contribution >= 4 is 17.2 Å². The van der Waals surface area contributed by atoms with E-state index in [1.165, 1.54) is 6.33 Å². The number of nitrogens with one attached hydrogen (secondary N) is 1. The lowest BCUT2D eigenvalue weighted by molar-refractivity contribution is -0.385. The van der Waals surface area contributed by atoms with Gasteiger partial charge < -0.3 is 10.1 Å². The minimum atomic E-state index is -0.537. The fraction of sp³-hybridized carbons (Fsp3) is 0.333. The number of nitrogens with zero attached hydrogens (tertiary/aromatic N) is 3. The van der Waals surface area contributed by atoms with Gasteiger partial charge >= 0.3 is 5.69 Å². The summed E-state index contributed by atoms with van der Waals surface area (Å²) in [6, 6.07) is 5.70. The van der Waals surface area contributed by atoms with Crippen molar-refractivity contribution in [1.29, 1.82) is 0 Å². The van der Waals surface area contributed by atoms with Crippen LogP contribution in [0.2, 0.25) is 0 Å². The van der Waals surface area contributed by atoms with E-state index in [1.54, 1.807) is 13.8 Å². The molecule has 0 atom stereocenters. The number of ether oxygens (including phenoxy) is 1. The lowest BCUT2D eigenvalue weighted by Crippen LogP contribution is -2.11. The molecule has 0 spiro atoms. The topological polar surface area (TPSA) is 90.2 Å². The van der Waals surface area contributed by atoms with Gasteiger partial charge in [-0.25, -0.2) is 4.98 Å². The predicted molar refractivity (Wildman–Crippen MR) is 83.6 cm³/mol. The Labute approximate surface area is 128 Å². The van der Waals surface area contributed by atoms with E-state index in [1.807, 2.05) is 32.0 Å². The number of aryl methyl sites for hydroxylation is 1. The van der Waals surface area contributed by atoms with Crippen LogP contribution in [0, 0.1) is 24.0 Å². The SMILES string of the molecule is Cc1cccc(Nc2ncnc(OC(C)C)c2[N+](=O)[O-])c1C. The van der Waals surface area contributed by atoms with Crippen LogP contribution in [-0.2, 0) is 0 Å². The molecule has 0 aliphatic heterocycles. The molecule has 7 nitrogen and oxygen atoms in total. The molecule has 0 saturated heterocycles. The molecular formula is C15H18N4O3. The van der Waals surface area contributed by atoms with Crippen LogP contribution in [0.5, 0.6) is 5.88 Å². The molecule has 0 unspecified atom stereocenters. The number of aromatic nitrogens is 2. The molecule has 0 radical (unpaired) electrons. The van der Waals surface area contributed by atoms with Crippen molar-refractivity contribution in [1.82, 2.24) is 9.97 Å². The molecule has 0 amide bonds. The average Bonchev–Trinajstić information content (AvgIpc) is 2.43. The Balaban J connectivity index is 2.46. The Morgan fingerprint density at radius 3 is 2.64 bits per heavy atom. The molecule has 0 saturated carbocycles. The van der Waals surface area contributed by atoms with E-state index < -0.39 is 4.92 Å². The normalized spacial score (nSPS) is 10.6. The van der Waals surface area contributed by atoms with E-state index in [0.717, 1.165) is 16.8 Å². The van der Waals surface area contributed by atoms with Crippen LogP contribution in [0.25, 0.3) is 0 Å². The van der Waals surface area contributed by atoms with Crippen molar-refractivity contribution in [2.24, 2.45) is 0 Å². The summed E-state index contributed by atoms with van der Waals surface area (Å²) in [5.41, 5.74) is 2.58. The summed E-state index contributed by atoms with van der Waals surface area (Å²) in [6.07, 6.45) is 1.03. The van der Waals surface area contributed by atoms with Gasteiger partial charge in [0.05, 0.1) is 11.0 Å². The Morgan fingerprint density at radius 2 is 2.00 bits per heavy atom. The van der Waals surface area contributed by atoms with Gasteiger partial charge in [-0.15, -0.1) is 0 Å². The molecule has 0 aliphatic rings. The van der Waals surface area contributed by atoms with Crippen molar-refractivity contribution < 1.29 is 9.66 Å². The summed E-state index contributed by atoms with van der Waals surface area (Å²) in [7, 11) is 0. The highest BCUT2D eigenvalue weighted by Crippen LogP contribution is 2.34. The van der Waals surface area contributed by atoms with Crippen molar-refractivity contribution in [3.63, 3.8) is 0 Å². The maximum atomic E-state index is 11.4. The molecule has 0 fully saturated rings. The summed E-state index contributed by atoms with van der Waals surface area (Å²) in [5, 5.41) is 14.4. The van der Waals surface area contributed by atoms with Crippen molar-refractivity contribution in [2.75, 3.05) is 5.32 Å².